The number of anilines is 1. The number of nitrogens with zero attached hydrogens (tertiary/aromatic N) is 1. The minimum atomic E-state index is -1.10. The molecule has 0 bridgehead atoms. The fourth-order valence-electron chi connectivity index (χ4n) is 4.59. The minimum Gasteiger partial charge on any atom is -0.495 e. The molecule has 1 saturated carbocycles. The van der Waals surface area contributed by atoms with Crippen LogP contribution in [0.4, 0.5) is 10.5 Å². The van der Waals surface area contributed by atoms with E-state index in [0.29, 0.717) is 30.4 Å². The van der Waals surface area contributed by atoms with Crippen LogP contribution in [0.3, 0.4) is 0 Å². The lowest BCUT2D eigenvalue weighted by Crippen LogP contribution is -2.31. The summed E-state index contributed by atoms with van der Waals surface area (Å²) in [6, 6.07) is 13.2. The molecule has 1 amide bonds. The molecule has 186 valence electrons. The largest absolute Gasteiger partial charge is 0.495 e. The Hall–Kier alpha value is -3.52. The number of aromatic nitrogens is 1. The standard InChI is InChI=1S/C18H23NO2.C9H9NO4/c1-21-15-12-16-14(6-5-7-17(16)19-13-15)8-11-18(20)9-3-2-4-10-18;11-9(12)10-6-1-2-7-8(5-6)14-4-3-13-7/h5-7,12-13,20H,2-4,8-11H2,1H3;1-2,5,10H,3-4H2,(H,11,12). The highest BCUT2D eigenvalue weighted by Crippen LogP contribution is 2.34. The molecule has 2 aromatic carbocycles. The Bertz CT molecular complexity index is 1160. The molecule has 0 atom stereocenters. The number of carbonyl (C=O) groups is 1. The summed E-state index contributed by atoms with van der Waals surface area (Å²) in [5, 5.41) is 22.5. The highest BCUT2D eigenvalue weighted by molar-refractivity contribution is 5.84. The van der Waals surface area contributed by atoms with Gasteiger partial charge in [0.1, 0.15) is 19.0 Å². The van der Waals surface area contributed by atoms with Crippen LogP contribution in [-0.2, 0) is 6.42 Å². The Morgan fingerprint density at radius 3 is 2.60 bits per heavy atom. The van der Waals surface area contributed by atoms with Crippen LogP contribution in [0, 0.1) is 0 Å². The number of aliphatic hydroxyl groups is 1. The van der Waals surface area contributed by atoms with Crippen LogP contribution in [0.5, 0.6) is 17.2 Å². The fourth-order valence-corrected chi connectivity index (χ4v) is 4.59. The van der Waals surface area contributed by atoms with E-state index >= 15 is 0 Å². The molecule has 1 aromatic heterocycles. The number of nitrogens with one attached hydrogen (secondary N) is 1. The number of amides is 1. The first-order valence-corrected chi connectivity index (χ1v) is 12.0. The predicted octanol–water partition coefficient (Wildman–Crippen LogP) is 5.42. The first-order chi connectivity index (χ1) is 17.0. The van der Waals surface area contributed by atoms with Crippen molar-refractivity contribution in [2.24, 2.45) is 0 Å². The van der Waals surface area contributed by atoms with E-state index < -0.39 is 11.7 Å². The van der Waals surface area contributed by atoms with Crippen LogP contribution in [0.1, 0.15) is 44.1 Å². The van der Waals surface area contributed by atoms with Gasteiger partial charge in [0.05, 0.1) is 24.4 Å². The van der Waals surface area contributed by atoms with Crippen LogP contribution in [0.2, 0.25) is 0 Å². The summed E-state index contributed by atoms with van der Waals surface area (Å²) in [6.45, 7) is 1.02. The molecular formula is C27H32N2O6. The van der Waals surface area contributed by atoms with E-state index in [-0.39, 0.29) is 0 Å². The molecule has 0 spiro atoms. The molecule has 0 radical (unpaired) electrons. The highest BCUT2D eigenvalue weighted by atomic mass is 16.6. The monoisotopic (exact) mass is 480 g/mol. The van der Waals surface area contributed by atoms with E-state index in [1.807, 2.05) is 18.2 Å². The summed E-state index contributed by atoms with van der Waals surface area (Å²) in [4.78, 5) is 14.8. The molecule has 1 fully saturated rings. The number of methoxy groups -OCH3 is 1. The maximum absolute atomic E-state index is 10.7. The molecule has 3 N–H and O–H groups in total. The number of hydrogen-bond acceptors (Lipinski definition) is 6. The first-order valence-electron chi connectivity index (χ1n) is 12.0. The van der Waals surface area contributed by atoms with E-state index in [2.05, 4.69) is 16.4 Å². The number of rotatable bonds is 5. The van der Waals surface area contributed by atoms with Crippen LogP contribution in [0.25, 0.3) is 10.9 Å². The third-order valence-electron chi connectivity index (χ3n) is 6.46. The van der Waals surface area contributed by atoms with Crippen molar-refractivity contribution in [3.05, 3.63) is 54.2 Å². The lowest BCUT2D eigenvalue weighted by atomic mass is 9.80. The van der Waals surface area contributed by atoms with Gasteiger partial charge in [0.2, 0.25) is 0 Å². The molecule has 2 aliphatic rings. The van der Waals surface area contributed by atoms with Crippen molar-refractivity contribution in [1.82, 2.24) is 4.98 Å². The van der Waals surface area contributed by atoms with Gasteiger partial charge >= 0.3 is 6.09 Å². The Balaban J connectivity index is 0.000000179. The van der Waals surface area contributed by atoms with Crippen molar-refractivity contribution >= 4 is 22.7 Å². The zero-order valence-electron chi connectivity index (χ0n) is 20.0. The van der Waals surface area contributed by atoms with Gasteiger partial charge in [0.25, 0.3) is 0 Å². The first kappa shape index (κ1) is 24.6. The minimum absolute atomic E-state index is 0.466. The highest BCUT2D eigenvalue weighted by Gasteiger charge is 2.28. The van der Waals surface area contributed by atoms with Crippen LogP contribution < -0.4 is 19.5 Å². The topological polar surface area (TPSA) is 110 Å². The zero-order valence-corrected chi connectivity index (χ0v) is 20.0. The molecular weight excluding hydrogens is 448 g/mol. The lowest BCUT2D eigenvalue weighted by Gasteiger charge is -2.32. The van der Waals surface area contributed by atoms with Gasteiger partial charge in [-0.2, -0.15) is 0 Å². The summed E-state index contributed by atoms with van der Waals surface area (Å²) in [6.07, 6.45) is 7.84. The SMILES string of the molecule is COc1cnc2cccc(CCC3(O)CCCCC3)c2c1.O=C(O)Nc1ccc2c(c1)OCCO2. The van der Waals surface area contributed by atoms with Crippen molar-refractivity contribution in [2.75, 3.05) is 25.6 Å². The smallest absolute Gasteiger partial charge is 0.409 e. The molecule has 8 heteroatoms. The number of benzene rings is 2. The number of aryl methyl sites for hydroxylation is 1. The van der Waals surface area contributed by atoms with Gasteiger partial charge in [-0.25, -0.2) is 4.79 Å². The molecule has 1 aliphatic heterocycles. The summed E-state index contributed by atoms with van der Waals surface area (Å²) < 4.78 is 15.9. The molecule has 1 aliphatic carbocycles. The van der Waals surface area contributed by atoms with Gasteiger partial charge in [-0.1, -0.05) is 31.4 Å². The number of fused-ring (bicyclic) bond motifs is 2. The van der Waals surface area contributed by atoms with Crippen molar-refractivity contribution in [1.29, 1.82) is 0 Å². The van der Waals surface area contributed by atoms with Gasteiger partial charge in [0, 0.05) is 17.1 Å². The normalized spacial score (nSPS) is 16.1. The van der Waals surface area contributed by atoms with E-state index in [0.717, 1.165) is 55.2 Å². The van der Waals surface area contributed by atoms with E-state index in [9.17, 15) is 9.90 Å². The van der Waals surface area contributed by atoms with E-state index in [1.165, 1.54) is 12.0 Å². The van der Waals surface area contributed by atoms with Crippen molar-refractivity contribution in [3.63, 3.8) is 0 Å². The third kappa shape index (κ3) is 6.54. The maximum atomic E-state index is 10.7. The Morgan fingerprint density at radius 2 is 1.86 bits per heavy atom. The van der Waals surface area contributed by atoms with Crippen molar-refractivity contribution in [3.8, 4) is 17.2 Å². The summed E-state index contributed by atoms with van der Waals surface area (Å²) in [5.41, 5.74) is 2.25. The van der Waals surface area contributed by atoms with Gasteiger partial charge in [0.15, 0.2) is 11.5 Å². The Labute approximate surface area is 204 Å². The average molecular weight is 481 g/mol. The zero-order chi connectivity index (χ0) is 24.7. The molecule has 8 nitrogen and oxygen atoms in total. The second kappa shape index (κ2) is 11.3. The molecule has 0 saturated heterocycles. The molecule has 0 unspecified atom stereocenters. The molecule has 3 aromatic rings. The van der Waals surface area contributed by atoms with Crippen LogP contribution >= 0.6 is 0 Å². The molecule has 5 rings (SSSR count). The van der Waals surface area contributed by atoms with E-state index in [4.69, 9.17) is 19.3 Å². The number of ether oxygens (including phenoxy) is 3. The van der Waals surface area contributed by atoms with Gasteiger partial charge < -0.3 is 24.4 Å². The van der Waals surface area contributed by atoms with Gasteiger partial charge in [-0.05, 0) is 55.5 Å². The van der Waals surface area contributed by atoms with Crippen molar-refractivity contribution < 1.29 is 29.2 Å². The number of hydrogen-bond donors (Lipinski definition) is 3. The fraction of sp³-hybridized carbons (Fsp3) is 0.407. The second-order valence-electron chi connectivity index (χ2n) is 8.93. The quantitative estimate of drug-likeness (QED) is 0.447. The Kier molecular flexibility index (Phi) is 7.92. The Morgan fingerprint density at radius 1 is 1.09 bits per heavy atom. The second-order valence-corrected chi connectivity index (χ2v) is 8.93. The molecule has 2 heterocycles. The van der Waals surface area contributed by atoms with Crippen LogP contribution in [0.15, 0.2) is 48.7 Å². The maximum Gasteiger partial charge on any atom is 0.409 e. The third-order valence-corrected chi connectivity index (χ3v) is 6.46. The number of carboxylic acid groups (broad SMARTS) is 1. The average Bonchev–Trinajstić information content (AvgIpc) is 2.87. The summed E-state index contributed by atoms with van der Waals surface area (Å²) in [7, 11) is 1.66. The van der Waals surface area contributed by atoms with Crippen LogP contribution in [-0.4, -0.2) is 47.2 Å². The number of pyridine rings is 1. The predicted molar refractivity (Wildman–Crippen MR) is 134 cm³/mol. The molecule has 35 heavy (non-hydrogen) atoms. The van der Waals surface area contributed by atoms with E-state index in [1.54, 1.807) is 31.5 Å². The lowest BCUT2D eigenvalue weighted by molar-refractivity contribution is -0.00335. The van der Waals surface area contributed by atoms with Gasteiger partial charge in [-0.15, -0.1) is 0 Å². The van der Waals surface area contributed by atoms with Crippen molar-refractivity contribution in [2.45, 2.75) is 50.5 Å². The summed E-state index contributed by atoms with van der Waals surface area (Å²) in [5.74, 6) is 2.00. The van der Waals surface area contributed by atoms with Gasteiger partial charge in [-0.3, -0.25) is 10.3 Å². The summed E-state index contributed by atoms with van der Waals surface area (Å²) >= 11 is 0.